The molecule has 128 valence electrons. The van der Waals surface area contributed by atoms with Crippen LogP contribution in [0.15, 0.2) is 48.1 Å². The molecule has 0 amide bonds. The number of benzene rings is 1. The number of rotatable bonds is 4. The third-order valence-corrected chi connectivity index (χ3v) is 5.43. The van der Waals surface area contributed by atoms with Crippen LogP contribution in [0.5, 0.6) is 0 Å². The van der Waals surface area contributed by atoms with E-state index in [1.807, 2.05) is 30.3 Å². The summed E-state index contributed by atoms with van der Waals surface area (Å²) in [6.07, 6.45) is 3.59. The fourth-order valence-electron chi connectivity index (χ4n) is 2.89. The first-order chi connectivity index (χ1) is 12.3. The van der Waals surface area contributed by atoms with Gasteiger partial charge in [0.15, 0.2) is 0 Å². The molecule has 5 nitrogen and oxygen atoms in total. The number of thiazole rings is 1. The van der Waals surface area contributed by atoms with Crippen LogP contribution < -0.4 is 4.90 Å². The number of hydrogen-bond donors (Lipinski definition) is 0. The summed E-state index contributed by atoms with van der Waals surface area (Å²) in [7, 11) is 0. The summed E-state index contributed by atoms with van der Waals surface area (Å²) in [6.45, 7) is 4.75. The molecule has 7 heteroatoms. The van der Waals surface area contributed by atoms with E-state index in [9.17, 15) is 0 Å². The van der Waals surface area contributed by atoms with Crippen LogP contribution in [0.2, 0.25) is 5.02 Å². The zero-order chi connectivity index (χ0) is 17.1. The molecule has 0 bridgehead atoms. The highest BCUT2D eigenvalue weighted by atomic mass is 35.5. The summed E-state index contributed by atoms with van der Waals surface area (Å²) >= 11 is 7.64. The van der Waals surface area contributed by atoms with E-state index in [4.69, 9.17) is 16.6 Å². The fourth-order valence-corrected chi connectivity index (χ4v) is 3.84. The van der Waals surface area contributed by atoms with Gasteiger partial charge in [-0.05, 0) is 18.2 Å². The van der Waals surface area contributed by atoms with Gasteiger partial charge in [-0.2, -0.15) is 0 Å². The lowest BCUT2D eigenvalue weighted by Gasteiger charge is -2.34. The lowest BCUT2D eigenvalue weighted by molar-refractivity contribution is 0.246. The third-order valence-electron chi connectivity index (χ3n) is 4.24. The summed E-state index contributed by atoms with van der Waals surface area (Å²) in [5.74, 6) is 0.820. The quantitative estimate of drug-likeness (QED) is 0.701. The Labute approximate surface area is 155 Å². The molecule has 0 radical (unpaired) electrons. The normalized spacial score (nSPS) is 15.5. The Morgan fingerprint density at radius 2 is 1.72 bits per heavy atom. The highest BCUT2D eigenvalue weighted by molar-refractivity contribution is 7.13. The molecule has 0 N–H and O–H groups in total. The van der Waals surface area contributed by atoms with E-state index in [2.05, 4.69) is 25.1 Å². The average Bonchev–Trinajstić information content (AvgIpc) is 3.12. The summed E-state index contributed by atoms with van der Waals surface area (Å²) < 4.78 is 0. The van der Waals surface area contributed by atoms with Crippen LogP contribution >= 0.6 is 22.9 Å². The van der Waals surface area contributed by atoms with Crippen molar-refractivity contribution >= 4 is 28.9 Å². The molecule has 0 saturated carbocycles. The molecule has 2 aromatic heterocycles. The molecule has 0 aliphatic carbocycles. The summed E-state index contributed by atoms with van der Waals surface area (Å²) in [5.41, 5.74) is 2.24. The van der Waals surface area contributed by atoms with Crippen molar-refractivity contribution in [1.29, 1.82) is 0 Å². The maximum atomic E-state index is 5.95. The predicted octanol–water partition coefficient (Wildman–Crippen LogP) is 3.58. The minimum atomic E-state index is 0.751. The van der Waals surface area contributed by atoms with Gasteiger partial charge in [-0.1, -0.05) is 23.7 Å². The van der Waals surface area contributed by atoms with Crippen molar-refractivity contribution in [2.75, 3.05) is 31.1 Å². The van der Waals surface area contributed by atoms with E-state index in [1.54, 1.807) is 23.7 Å². The Kier molecular flexibility index (Phi) is 4.92. The van der Waals surface area contributed by atoms with Crippen LogP contribution in [-0.2, 0) is 6.54 Å². The molecule has 1 fully saturated rings. The average molecular weight is 372 g/mol. The SMILES string of the molecule is Clc1ccc(-c2nc(CN3CCN(c4ncccn4)CC3)cs2)cc1. The van der Waals surface area contributed by atoms with Crippen molar-refractivity contribution in [1.82, 2.24) is 19.9 Å². The summed E-state index contributed by atoms with van der Waals surface area (Å²) in [6, 6.07) is 9.69. The van der Waals surface area contributed by atoms with E-state index in [0.29, 0.717) is 0 Å². The van der Waals surface area contributed by atoms with Gasteiger partial charge in [-0.3, -0.25) is 4.90 Å². The van der Waals surface area contributed by atoms with E-state index in [1.165, 1.54) is 0 Å². The Balaban J connectivity index is 1.35. The molecule has 1 aliphatic rings. The van der Waals surface area contributed by atoms with Crippen LogP contribution in [0.1, 0.15) is 5.69 Å². The Morgan fingerprint density at radius 3 is 2.44 bits per heavy atom. The zero-order valence-corrected chi connectivity index (χ0v) is 15.2. The van der Waals surface area contributed by atoms with Gasteiger partial charge in [-0.25, -0.2) is 15.0 Å². The first kappa shape index (κ1) is 16.4. The van der Waals surface area contributed by atoms with Crippen molar-refractivity contribution in [2.45, 2.75) is 6.54 Å². The fraction of sp³-hybridized carbons (Fsp3) is 0.278. The monoisotopic (exact) mass is 371 g/mol. The number of nitrogens with zero attached hydrogens (tertiary/aromatic N) is 5. The first-order valence-corrected chi connectivity index (χ1v) is 9.48. The smallest absolute Gasteiger partial charge is 0.225 e. The lowest BCUT2D eigenvalue weighted by atomic mass is 10.2. The van der Waals surface area contributed by atoms with Gasteiger partial charge in [0.25, 0.3) is 0 Å². The second-order valence-corrected chi connectivity index (χ2v) is 7.26. The lowest BCUT2D eigenvalue weighted by Crippen LogP contribution is -2.46. The summed E-state index contributed by atoms with van der Waals surface area (Å²) in [5, 5.41) is 3.94. The topological polar surface area (TPSA) is 45.2 Å². The molecule has 0 unspecified atom stereocenters. The second-order valence-electron chi connectivity index (χ2n) is 5.96. The van der Waals surface area contributed by atoms with Crippen LogP contribution in [0.25, 0.3) is 10.6 Å². The molecular formula is C18H18ClN5S. The van der Waals surface area contributed by atoms with Crippen LogP contribution in [0.3, 0.4) is 0 Å². The highest BCUT2D eigenvalue weighted by Gasteiger charge is 2.19. The van der Waals surface area contributed by atoms with E-state index < -0.39 is 0 Å². The van der Waals surface area contributed by atoms with Gasteiger partial charge in [0, 0.05) is 61.1 Å². The maximum absolute atomic E-state index is 5.95. The van der Waals surface area contributed by atoms with Crippen LogP contribution in [0.4, 0.5) is 5.95 Å². The van der Waals surface area contributed by atoms with E-state index in [0.717, 1.165) is 60.0 Å². The molecule has 4 rings (SSSR count). The zero-order valence-electron chi connectivity index (χ0n) is 13.7. The number of anilines is 1. The van der Waals surface area contributed by atoms with E-state index in [-0.39, 0.29) is 0 Å². The molecule has 25 heavy (non-hydrogen) atoms. The largest absolute Gasteiger partial charge is 0.338 e. The van der Waals surface area contributed by atoms with Crippen LogP contribution in [0, 0.1) is 0 Å². The Morgan fingerprint density at radius 1 is 1.00 bits per heavy atom. The number of hydrogen-bond acceptors (Lipinski definition) is 6. The highest BCUT2D eigenvalue weighted by Crippen LogP contribution is 2.25. The van der Waals surface area contributed by atoms with Gasteiger partial charge in [0.2, 0.25) is 5.95 Å². The first-order valence-electron chi connectivity index (χ1n) is 8.22. The number of aromatic nitrogens is 3. The molecule has 3 heterocycles. The second kappa shape index (κ2) is 7.47. The molecule has 0 spiro atoms. The number of halogens is 1. The molecule has 0 atom stereocenters. The van der Waals surface area contributed by atoms with Crippen molar-refractivity contribution in [3.05, 3.63) is 58.8 Å². The standard InChI is InChI=1S/C18H18ClN5S/c19-15-4-2-14(3-5-15)17-22-16(13-25-17)12-23-8-10-24(11-9-23)18-20-6-1-7-21-18/h1-7,13H,8-12H2. The minimum absolute atomic E-state index is 0.751. The molecule has 1 aliphatic heterocycles. The molecule has 3 aromatic rings. The minimum Gasteiger partial charge on any atom is -0.338 e. The van der Waals surface area contributed by atoms with Gasteiger partial charge in [-0.15, -0.1) is 11.3 Å². The van der Waals surface area contributed by atoms with Gasteiger partial charge < -0.3 is 4.90 Å². The van der Waals surface area contributed by atoms with Crippen LogP contribution in [-0.4, -0.2) is 46.0 Å². The van der Waals surface area contributed by atoms with Crippen molar-refractivity contribution in [3.63, 3.8) is 0 Å². The van der Waals surface area contributed by atoms with Gasteiger partial charge >= 0.3 is 0 Å². The molecule has 1 saturated heterocycles. The third kappa shape index (κ3) is 3.98. The summed E-state index contributed by atoms with van der Waals surface area (Å²) in [4.78, 5) is 18.1. The maximum Gasteiger partial charge on any atom is 0.225 e. The van der Waals surface area contributed by atoms with Gasteiger partial charge in [0.05, 0.1) is 5.69 Å². The Bertz CT molecular complexity index is 813. The number of piperazine rings is 1. The van der Waals surface area contributed by atoms with E-state index >= 15 is 0 Å². The molecular weight excluding hydrogens is 354 g/mol. The van der Waals surface area contributed by atoms with Crippen molar-refractivity contribution < 1.29 is 0 Å². The Hall–Kier alpha value is -2.02. The predicted molar refractivity (Wildman–Crippen MR) is 102 cm³/mol. The van der Waals surface area contributed by atoms with Crippen molar-refractivity contribution in [3.8, 4) is 10.6 Å². The van der Waals surface area contributed by atoms with Gasteiger partial charge in [0.1, 0.15) is 5.01 Å². The van der Waals surface area contributed by atoms with Crippen molar-refractivity contribution in [2.24, 2.45) is 0 Å². The molecule has 1 aromatic carbocycles.